The van der Waals surface area contributed by atoms with Gasteiger partial charge >= 0.3 is 0 Å². The van der Waals surface area contributed by atoms with Gasteiger partial charge in [0.05, 0.1) is 11.5 Å². The molecule has 0 aromatic heterocycles. The highest BCUT2D eigenvalue weighted by atomic mass is 35.5. The molecular weight excluding hydrogens is 320 g/mol. The van der Waals surface area contributed by atoms with E-state index in [1.54, 1.807) is 43.3 Å². The Morgan fingerprint density at radius 3 is 2.59 bits per heavy atom. The maximum Gasteiger partial charge on any atom is 0.250 e. The van der Waals surface area contributed by atoms with E-state index in [0.717, 1.165) is 4.90 Å². The Kier molecular flexibility index (Phi) is 5.86. The van der Waals surface area contributed by atoms with Gasteiger partial charge in [0.2, 0.25) is 5.91 Å². The molecule has 114 valence electrons. The number of para-hydroxylation sites is 1. The summed E-state index contributed by atoms with van der Waals surface area (Å²) >= 11 is 7.20. The third-order valence-electron chi connectivity index (χ3n) is 2.83. The van der Waals surface area contributed by atoms with Gasteiger partial charge in [-0.1, -0.05) is 23.7 Å². The Labute approximate surface area is 138 Å². The molecule has 0 heterocycles. The van der Waals surface area contributed by atoms with Gasteiger partial charge in [0.15, 0.2) is 0 Å². The first-order valence-electron chi connectivity index (χ1n) is 6.56. The molecule has 4 nitrogen and oxygen atoms in total. The Balaban J connectivity index is 1.88. The number of halogens is 1. The van der Waals surface area contributed by atoms with Gasteiger partial charge in [-0.15, -0.1) is 11.8 Å². The summed E-state index contributed by atoms with van der Waals surface area (Å²) < 4.78 is 0. The summed E-state index contributed by atoms with van der Waals surface area (Å²) in [5.41, 5.74) is 3.62. The number of hydrogen-bond donors (Lipinski definition) is 2. The van der Waals surface area contributed by atoms with E-state index in [1.807, 2.05) is 12.1 Å². The quantitative estimate of drug-likeness (QED) is 0.498. The molecule has 0 saturated heterocycles. The number of phenolic OH excluding ortho intramolecular Hbond substituents is 1. The summed E-state index contributed by atoms with van der Waals surface area (Å²) in [5.74, 6) is 0.169. The molecule has 0 aliphatic rings. The largest absolute Gasteiger partial charge is 0.507 e. The summed E-state index contributed by atoms with van der Waals surface area (Å²) in [6.45, 7) is 1.72. The Hall–Kier alpha value is -1.98. The van der Waals surface area contributed by atoms with Crippen molar-refractivity contribution in [1.29, 1.82) is 0 Å². The molecule has 0 bridgehead atoms. The van der Waals surface area contributed by atoms with E-state index in [9.17, 15) is 9.90 Å². The van der Waals surface area contributed by atoms with E-state index >= 15 is 0 Å². The third-order valence-corrected chi connectivity index (χ3v) is 4.09. The van der Waals surface area contributed by atoms with Crippen molar-refractivity contribution in [1.82, 2.24) is 5.43 Å². The lowest BCUT2D eigenvalue weighted by atomic mass is 10.1. The van der Waals surface area contributed by atoms with Gasteiger partial charge in [0.1, 0.15) is 5.75 Å². The van der Waals surface area contributed by atoms with E-state index in [-0.39, 0.29) is 17.4 Å². The number of rotatable bonds is 5. The lowest BCUT2D eigenvalue weighted by molar-refractivity contribution is -0.118. The molecule has 0 radical (unpaired) electrons. The summed E-state index contributed by atoms with van der Waals surface area (Å²) in [4.78, 5) is 12.7. The molecule has 6 heteroatoms. The fourth-order valence-electron chi connectivity index (χ4n) is 1.70. The zero-order valence-electron chi connectivity index (χ0n) is 11.9. The van der Waals surface area contributed by atoms with Gasteiger partial charge in [-0.05, 0) is 43.3 Å². The minimum absolute atomic E-state index is 0.133. The highest BCUT2D eigenvalue weighted by molar-refractivity contribution is 8.00. The van der Waals surface area contributed by atoms with E-state index < -0.39 is 0 Å². The van der Waals surface area contributed by atoms with Crippen LogP contribution in [0.15, 0.2) is 58.5 Å². The maximum atomic E-state index is 11.8. The van der Waals surface area contributed by atoms with Crippen LogP contribution in [0.3, 0.4) is 0 Å². The Morgan fingerprint density at radius 2 is 1.91 bits per heavy atom. The van der Waals surface area contributed by atoms with Gasteiger partial charge in [-0.25, -0.2) is 5.43 Å². The molecule has 0 unspecified atom stereocenters. The van der Waals surface area contributed by atoms with Crippen molar-refractivity contribution in [2.45, 2.75) is 11.8 Å². The number of phenols is 1. The molecule has 0 aliphatic heterocycles. The van der Waals surface area contributed by atoms with Gasteiger partial charge in [-0.2, -0.15) is 5.10 Å². The number of nitrogens with zero attached hydrogens (tertiary/aromatic N) is 1. The van der Waals surface area contributed by atoms with Crippen LogP contribution in [-0.4, -0.2) is 22.5 Å². The zero-order chi connectivity index (χ0) is 15.9. The lowest BCUT2D eigenvalue weighted by Gasteiger charge is -2.05. The number of hydrogen-bond acceptors (Lipinski definition) is 4. The van der Waals surface area contributed by atoms with Crippen molar-refractivity contribution in [3.8, 4) is 5.75 Å². The van der Waals surface area contributed by atoms with E-state index in [2.05, 4.69) is 10.5 Å². The van der Waals surface area contributed by atoms with Gasteiger partial charge in [-0.3, -0.25) is 4.79 Å². The smallest absolute Gasteiger partial charge is 0.250 e. The molecular formula is C16H15ClN2O2S. The van der Waals surface area contributed by atoms with E-state index in [0.29, 0.717) is 16.3 Å². The number of carbonyl (C=O) groups is 1. The number of amides is 1. The van der Waals surface area contributed by atoms with Crippen LogP contribution in [0, 0.1) is 0 Å². The fourth-order valence-corrected chi connectivity index (χ4v) is 2.51. The molecule has 0 fully saturated rings. The van der Waals surface area contributed by atoms with Gasteiger partial charge in [0, 0.05) is 15.5 Å². The standard InChI is InChI=1S/C16H15ClN2O2S/c1-11(14-4-2-3-5-15(14)20)18-19-16(21)10-22-13-8-6-12(17)7-9-13/h2-9,20H,10H2,1H3,(H,19,21)/b18-11-. The first kappa shape index (κ1) is 16.4. The van der Waals surface area contributed by atoms with Crippen LogP contribution in [-0.2, 0) is 4.79 Å². The topological polar surface area (TPSA) is 61.7 Å². The van der Waals surface area contributed by atoms with Crippen LogP contribution in [0.4, 0.5) is 0 Å². The molecule has 2 rings (SSSR count). The maximum absolute atomic E-state index is 11.8. The van der Waals surface area contributed by atoms with Crippen molar-refractivity contribution in [2.75, 3.05) is 5.75 Å². The van der Waals surface area contributed by atoms with E-state index in [1.165, 1.54) is 11.8 Å². The normalized spacial score (nSPS) is 11.3. The summed E-state index contributed by atoms with van der Waals surface area (Å²) in [5, 5.41) is 14.4. The van der Waals surface area contributed by atoms with Crippen molar-refractivity contribution >= 4 is 35.0 Å². The predicted molar refractivity (Wildman–Crippen MR) is 90.6 cm³/mol. The van der Waals surface area contributed by atoms with Crippen molar-refractivity contribution in [2.24, 2.45) is 5.10 Å². The van der Waals surface area contributed by atoms with E-state index in [4.69, 9.17) is 11.6 Å². The molecule has 22 heavy (non-hydrogen) atoms. The minimum Gasteiger partial charge on any atom is -0.507 e. The van der Waals surface area contributed by atoms with Crippen molar-refractivity contribution < 1.29 is 9.90 Å². The first-order chi connectivity index (χ1) is 10.6. The monoisotopic (exact) mass is 334 g/mol. The molecule has 0 spiro atoms. The number of aromatic hydroxyl groups is 1. The van der Waals surface area contributed by atoms with Crippen molar-refractivity contribution in [3.05, 3.63) is 59.1 Å². The molecule has 0 saturated carbocycles. The molecule has 2 aromatic rings. The Morgan fingerprint density at radius 1 is 1.23 bits per heavy atom. The number of carbonyl (C=O) groups excluding carboxylic acids is 1. The zero-order valence-corrected chi connectivity index (χ0v) is 13.5. The van der Waals surface area contributed by atoms with Crippen LogP contribution in [0.25, 0.3) is 0 Å². The van der Waals surface area contributed by atoms with Crippen LogP contribution in [0.1, 0.15) is 12.5 Å². The number of hydrazone groups is 1. The predicted octanol–water partition coefficient (Wildman–Crippen LogP) is 3.68. The number of thioether (sulfide) groups is 1. The first-order valence-corrected chi connectivity index (χ1v) is 7.92. The second-order valence-electron chi connectivity index (χ2n) is 4.49. The van der Waals surface area contributed by atoms with Gasteiger partial charge in [0.25, 0.3) is 0 Å². The molecule has 2 aromatic carbocycles. The van der Waals surface area contributed by atoms with Crippen LogP contribution >= 0.6 is 23.4 Å². The SMILES string of the molecule is C/C(=N/NC(=O)CSc1ccc(Cl)cc1)c1ccccc1O. The second-order valence-corrected chi connectivity index (χ2v) is 5.98. The molecule has 1 amide bonds. The second kappa shape index (κ2) is 7.87. The molecule has 0 aliphatic carbocycles. The molecule has 0 atom stereocenters. The van der Waals surface area contributed by atoms with Crippen LogP contribution in [0.5, 0.6) is 5.75 Å². The lowest BCUT2D eigenvalue weighted by Crippen LogP contribution is -2.21. The summed E-state index contributed by atoms with van der Waals surface area (Å²) in [6.07, 6.45) is 0. The molecule has 2 N–H and O–H groups in total. The highest BCUT2D eigenvalue weighted by Crippen LogP contribution is 2.20. The fraction of sp³-hybridized carbons (Fsp3) is 0.125. The highest BCUT2D eigenvalue weighted by Gasteiger charge is 2.05. The average molecular weight is 335 g/mol. The third kappa shape index (κ3) is 4.79. The summed E-state index contributed by atoms with van der Waals surface area (Å²) in [6, 6.07) is 14.1. The average Bonchev–Trinajstić information content (AvgIpc) is 2.52. The Bertz CT molecular complexity index is 687. The summed E-state index contributed by atoms with van der Waals surface area (Å²) in [7, 11) is 0. The van der Waals surface area contributed by atoms with Gasteiger partial charge < -0.3 is 5.11 Å². The van der Waals surface area contributed by atoms with Crippen LogP contribution < -0.4 is 5.43 Å². The minimum atomic E-state index is -0.213. The number of nitrogens with one attached hydrogen (secondary N) is 1. The van der Waals surface area contributed by atoms with Crippen molar-refractivity contribution in [3.63, 3.8) is 0 Å². The number of benzene rings is 2. The van der Waals surface area contributed by atoms with Crippen LogP contribution in [0.2, 0.25) is 5.02 Å².